The van der Waals surface area contributed by atoms with Gasteiger partial charge in [0.05, 0.1) is 0 Å². The van der Waals surface area contributed by atoms with Crippen LogP contribution in [0.3, 0.4) is 0 Å². The molecule has 0 aromatic carbocycles. The summed E-state index contributed by atoms with van der Waals surface area (Å²) < 4.78 is 10.4. The van der Waals surface area contributed by atoms with Crippen LogP contribution >= 0.6 is 11.8 Å². The molecule has 2 heterocycles. The zero-order chi connectivity index (χ0) is 11.9. The molecule has 2 fully saturated rings. The molecule has 2 saturated heterocycles. The molecule has 0 bridgehead atoms. The third-order valence-corrected chi connectivity index (χ3v) is 4.34. The van der Waals surface area contributed by atoms with Crippen molar-refractivity contribution in [2.24, 2.45) is 10.9 Å². The molecule has 1 atom stereocenters. The van der Waals surface area contributed by atoms with Gasteiger partial charge in [0.15, 0.2) is 5.17 Å². The standard InChI is InChI=1S/C12H22N2O2S/c1-15-5-4-11-9-17-12(14-11)13-8-10-2-6-16-7-3-10/h10-11H,2-9H2,1H3,(H,13,14). The van der Waals surface area contributed by atoms with E-state index in [1.165, 1.54) is 0 Å². The van der Waals surface area contributed by atoms with Crippen molar-refractivity contribution in [3.63, 3.8) is 0 Å². The Morgan fingerprint density at radius 3 is 3.06 bits per heavy atom. The molecule has 2 aliphatic rings. The molecule has 2 aliphatic heterocycles. The second kappa shape index (κ2) is 7.24. The third-order valence-electron chi connectivity index (χ3n) is 3.25. The van der Waals surface area contributed by atoms with E-state index >= 15 is 0 Å². The van der Waals surface area contributed by atoms with Gasteiger partial charge in [0.1, 0.15) is 0 Å². The van der Waals surface area contributed by atoms with Crippen LogP contribution in [0, 0.1) is 5.92 Å². The quantitative estimate of drug-likeness (QED) is 0.812. The molecule has 2 rings (SSSR count). The fourth-order valence-corrected chi connectivity index (χ4v) is 3.11. The number of aliphatic imine (C=N–C) groups is 1. The molecular weight excluding hydrogens is 236 g/mol. The van der Waals surface area contributed by atoms with Crippen LogP contribution in [0.25, 0.3) is 0 Å². The average molecular weight is 258 g/mol. The minimum Gasteiger partial charge on any atom is -0.385 e. The minimum absolute atomic E-state index is 0.536. The van der Waals surface area contributed by atoms with Crippen LogP contribution in [0.4, 0.5) is 0 Å². The average Bonchev–Trinajstić information content (AvgIpc) is 2.83. The Morgan fingerprint density at radius 2 is 2.29 bits per heavy atom. The van der Waals surface area contributed by atoms with Crippen LogP contribution in [0.1, 0.15) is 19.3 Å². The van der Waals surface area contributed by atoms with Crippen molar-refractivity contribution in [1.29, 1.82) is 0 Å². The molecular formula is C12H22N2O2S. The van der Waals surface area contributed by atoms with Gasteiger partial charge >= 0.3 is 0 Å². The number of hydrogen-bond donors (Lipinski definition) is 1. The fourth-order valence-electron chi connectivity index (χ4n) is 2.09. The summed E-state index contributed by atoms with van der Waals surface area (Å²) in [6.07, 6.45) is 3.39. The molecule has 17 heavy (non-hydrogen) atoms. The Labute approximate surface area is 108 Å². The molecule has 5 heteroatoms. The number of hydrogen-bond acceptors (Lipinski definition) is 4. The van der Waals surface area contributed by atoms with E-state index in [-0.39, 0.29) is 0 Å². The summed E-state index contributed by atoms with van der Waals surface area (Å²) in [4.78, 5) is 4.68. The second-order valence-electron chi connectivity index (χ2n) is 4.64. The number of nitrogens with one attached hydrogen (secondary N) is 1. The highest BCUT2D eigenvalue weighted by molar-refractivity contribution is 8.14. The topological polar surface area (TPSA) is 42.9 Å². The third kappa shape index (κ3) is 4.48. The maximum absolute atomic E-state index is 5.35. The first-order valence-electron chi connectivity index (χ1n) is 6.39. The summed E-state index contributed by atoms with van der Waals surface area (Å²) in [6, 6.07) is 0.536. The smallest absolute Gasteiger partial charge is 0.156 e. The van der Waals surface area contributed by atoms with Gasteiger partial charge in [-0.05, 0) is 25.2 Å². The molecule has 98 valence electrons. The molecule has 0 aromatic heterocycles. The van der Waals surface area contributed by atoms with Gasteiger partial charge in [-0.15, -0.1) is 0 Å². The van der Waals surface area contributed by atoms with E-state index in [0.717, 1.165) is 62.5 Å². The van der Waals surface area contributed by atoms with Crippen molar-refractivity contribution < 1.29 is 9.47 Å². The highest BCUT2D eigenvalue weighted by Crippen LogP contribution is 2.19. The van der Waals surface area contributed by atoms with Gasteiger partial charge < -0.3 is 14.8 Å². The van der Waals surface area contributed by atoms with Gasteiger partial charge in [-0.2, -0.15) is 0 Å². The predicted molar refractivity (Wildman–Crippen MR) is 71.7 cm³/mol. The number of rotatable bonds is 5. The lowest BCUT2D eigenvalue weighted by atomic mass is 10.0. The lowest BCUT2D eigenvalue weighted by molar-refractivity contribution is 0.0689. The summed E-state index contributed by atoms with van der Waals surface area (Å²) in [5, 5.41) is 4.59. The maximum atomic E-state index is 5.35. The van der Waals surface area contributed by atoms with E-state index in [9.17, 15) is 0 Å². The molecule has 1 unspecified atom stereocenters. The Bertz CT molecular complexity index is 255. The predicted octanol–water partition coefficient (Wildman–Crippen LogP) is 1.51. The van der Waals surface area contributed by atoms with Crippen LogP contribution < -0.4 is 5.32 Å². The van der Waals surface area contributed by atoms with Crippen molar-refractivity contribution in [3.8, 4) is 0 Å². The second-order valence-corrected chi connectivity index (χ2v) is 5.64. The molecule has 0 radical (unpaired) electrons. The van der Waals surface area contributed by atoms with Crippen LogP contribution in [0.15, 0.2) is 4.99 Å². The first-order valence-corrected chi connectivity index (χ1v) is 7.37. The van der Waals surface area contributed by atoms with Crippen molar-refractivity contribution in [1.82, 2.24) is 5.32 Å². The van der Waals surface area contributed by atoms with Crippen LogP contribution in [-0.4, -0.2) is 50.4 Å². The number of ether oxygens (including phenoxy) is 2. The van der Waals surface area contributed by atoms with E-state index < -0.39 is 0 Å². The number of amidine groups is 1. The SMILES string of the molecule is COCCC1CSC(=NCC2CCOCC2)N1. The van der Waals surface area contributed by atoms with Crippen LogP contribution in [0.2, 0.25) is 0 Å². The van der Waals surface area contributed by atoms with Crippen molar-refractivity contribution in [2.45, 2.75) is 25.3 Å². The fraction of sp³-hybridized carbons (Fsp3) is 0.917. The zero-order valence-electron chi connectivity index (χ0n) is 10.5. The van der Waals surface area contributed by atoms with E-state index in [2.05, 4.69) is 10.3 Å². The molecule has 4 nitrogen and oxygen atoms in total. The molecule has 1 N–H and O–H groups in total. The van der Waals surface area contributed by atoms with E-state index in [4.69, 9.17) is 9.47 Å². The lowest BCUT2D eigenvalue weighted by Gasteiger charge is -2.20. The Kier molecular flexibility index (Phi) is 5.61. The number of methoxy groups -OCH3 is 1. The van der Waals surface area contributed by atoms with E-state index in [1.807, 2.05) is 11.8 Å². The number of thioether (sulfide) groups is 1. The lowest BCUT2D eigenvalue weighted by Crippen LogP contribution is -2.28. The summed E-state index contributed by atoms with van der Waals surface area (Å²) in [7, 11) is 1.75. The van der Waals surface area contributed by atoms with Gasteiger partial charge in [0.2, 0.25) is 0 Å². The Hall–Kier alpha value is -0.260. The molecule has 0 saturated carbocycles. The van der Waals surface area contributed by atoms with Crippen molar-refractivity contribution >= 4 is 16.9 Å². The normalized spacial score (nSPS) is 28.5. The first-order chi connectivity index (χ1) is 8.38. The zero-order valence-corrected chi connectivity index (χ0v) is 11.3. The van der Waals surface area contributed by atoms with Gasteiger partial charge in [0.25, 0.3) is 0 Å². The molecule has 0 aromatic rings. The van der Waals surface area contributed by atoms with Crippen molar-refractivity contribution in [2.75, 3.05) is 39.2 Å². The van der Waals surface area contributed by atoms with Crippen LogP contribution in [-0.2, 0) is 9.47 Å². The highest BCUT2D eigenvalue weighted by Gasteiger charge is 2.20. The summed E-state index contributed by atoms with van der Waals surface area (Å²) in [5.74, 6) is 1.84. The Balaban J connectivity index is 1.68. The minimum atomic E-state index is 0.536. The van der Waals surface area contributed by atoms with E-state index in [1.54, 1.807) is 7.11 Å². The molecule has 0 aliphatic carbocycles. The summed E-state index contributed by atoms with van der Waals surface area (Å²) in [6.45, 7) is 3.60. The highest BCUT2D eigenvalue weighted by atomic mass is 32.2. The van der Waals surface area contributed by atoms with Gasteiger partial charge in [-0.25, -0.2) is 0 Å². The van der Waals surface area contributed by atoms with Crippen LogP contribution in [0.5, 0.6) is 0 Å². The van der Waals surface area contributed by atoms with Gasteiger partial charge in [-0.1, -0.05) is 11.8 Å². The molecule has 0 spiro atoms. The first kappa shape index (κ1) is 13.2. The van der Waals surface area contributed by atoms with Crippen molar-refractivity contribution in [3.05, 3.63) is 0 Å². The van der Waals surface area contributed by atoms with Gasteiger partial charge in [0, 0.05) is 45.3 Å². The van der Waals surface area contributed by atoms with Gasteiger partial charge in [-0.3, -0.25) is 4.99 Å². The summed E-state index contributed by atoms with van der Waals surface area (Å²) in [5.41, 5.74) is 0. The number of nitrogens with zero attached hydrogens (tertiary/aromatic N) is 1. The Morgan fingerprint density at radius 1 is 1.47 bits per heavy atom. The maximum Gasteiger partial charge on any atom is 0.156 e. The largest absolute Gasteiger partial charge is 0.385 e. The van der Waals surface area contributed by atoms with E-state index in [0.29, 0.717) is 6.04 Å². The summed E-state index contributed by atoms with van der Waals surface area (Å²) >= 11 is 1.84. The molecule has 0 amide bonds. The monoisotopic (exact) mass is 258 g/mol.